The predicted octanol–water partition coefficient (Wildman–Crippen LogP) is 1.97. The van der Waals surface area contributed by atoms with E-state index in [-0.39, 0.29) is 12.2 Å². The van der Waals surface area contributed by atoms with Gasteiger partial charge in [0.1, 0.15) is 11.4 Å². The van der Waals surface area contributed by atoms with E-state index in [1.54, 1.807) is 21.0 Å². The summed E-state index contributed by atoms with van der Waals surface area (Å²) in [7, 11) is 1.57. The molecule has 0 aromatic heterocycles. The van der Waals surface area contributed by atoms with Crippen molar-refractivity contribution in [1.29, 1.82) is 0 Å². The summed E-state index contributed by atoms with van der Waals surface area (Å²) >= 11 is 0. The van der Waals surface area contributed by atoms with Crippen LogP contribution in [0.1, 0.15) is 25.8 Å². The Morgan fingerprint density at radius 1 is 1.44 bits per heavy atom. The van der Waals surface area contributed by atoms with Crippen molar-refractivity contribution in [1.82, 2.24) is 0 Å². The molecule has 3 heteroatoms. The number of carbonyl (C=O) groups is 1. The second-order valence-electron chi connectivity index (χ2n) is 4.04. The van der Waals surface area contributed by atoms with Gasteiger partial charge in [-0.05, 0) is 19.4 Å². The third kappa shape index (κ3) is 2.83. The number of ketones is 1. The van der Waals surface area contributed by atoms with Gasteiger partial charge in [0.05, 0.1) is 7.11 Å². The minimum Gasteiger partial charge on any atom is -0.496 e. The van der Waals surface area contributed by atoms with Gasteiger partial charge in [-0.2, -0.15) is 0 Å². The van der Waals surface area contributed by atoms with Gasteiger partial charge in [-0.15, -0.1) is 0 Å². The Labute approximate surface area is 96.1 Å². The number of hydrogen-bond donors (Lipinski definition) is 1. The van der Waals surface area contributed by atoms with E-state index in [9.17, 15) is 9.90 Å². The van der Waals surface area contributed by atoms with Crippen LogP contribution in [0, 0.1) is 0 Å². The molecule has 0 aliphatic carbocycles. The van der Waals surface area contributed by atoms with Gasteiger partial charge in [-0.25, -0.2) is 0 Å². The van der Waals surface area contributed by atoms with Gasteiger partial charge in [0.2, 0.25) is 0 Å². The number of para-hydroxylation sites is 1. The first-order valence-electron chi connectivity index (χ1n) is 5.39. The average molecular weight is 222 g/mol. The number of hydrogen-bond acceptors (Lipinski definition) is 3. The molecule has 0 heterocycles. The Bertz CT molecular complexity index is 369. The number of Topliss-reactive ketones (excluding diaryl/α,β-unsaturated/α-hetero) is 1. The van der Waals surface area contributed by atoms with E-state index in [0.29, 0.717) is 12.2 Å². The lowest BCUT2D eigenvalue weighted by molar-refractivity contribution is -0.135. The van der Waals surface area contributed by atoms with Gasteiger partial charge in [-0.3, -0.25) is 4.79 Å². The number of carbonyl (C=O) groups excluding carboxylic acids is 1. The standard InChI is InChI=1S/C13H18O3/c1-4-13(2,15)12(14)9-10-7-5-6-8-11(10)16-3/h5-8,15H,4,9H2,1-3H3. The Balaban J connectivity index is 2.85. The van der Waals surface area contributed by atoms with Gasteiger partial charge < -0.3 is 9.84 Å². The first kappa shape index (κ1) is 12.7. The highest BCUT2D eigenvalue weighted by molar-refractivity contribution is 5.88. The van der Waals surface area contributed by atoms with Crippen molar-refractivity contribution < 1.29 is 14.6 Å². The first-order valence-corrected chi connectivity index (χ1v) is 5.39. The zero-order chi connectivity index (χ0) is 12.2. The number of ether oxygens (including phenoxy) is 1. The van der Waals surface area contributed by atoms with Gasteiger partial charge in [0.15, 0.2) is 5.78 Å². The molecule has 0 bridgehead atoms. The topological polar surface area (TPSA) is 46.5 Å². The second-order valence-corrected chi connectivity index (χ2v) is 4.04. The molecule has 1 aromatic rings. The molecular weight excluding hydrogens is 204 g/mol. The van der Waals surface area contributed by atoms with Crippen LogP contribution in [0.2, 0.25) is 0 Å². The molecule has 3 nitrogen and oxygen atoms in total. The van der Waals surface area contributed by atoms with Crippen molar-refractivity contribution in [2.24, 2.45) is 0 Å². The van der Waals surface area contributed by atoms with Gasteiger partial charge in [-0.1, -0.05) is 25.1 Å². The zero-order valence-corrected chi connectivity index (χ0v) is 9.99. The Morgan fingerprint density at radius 2 is 2.06 bits per heavy atom. The van der Waals surface area contributed by atoms with Crippen LogP contribution in [0.4, 0.5) is 0 Å². The lowest BCUT2D eigenvalue weighted by atomic mass is 9.92. The minimum absolute atomic E-state index is 0.181. The van der Waals surface area contributed by atoms with Crippen LogP contribution < -0.4 is 4.74 Å². The molecule has 0 radical (unpaired) electrons. The van der Waals surface area contributed by atoms with Crippen molar-refractivity contribution >= 4 is 5.78 Å². The molecule has 88 valence electrons. The number of methoxy groups -OCH3 is 1. The minimum atomic E-state index is -1.25. The highest BCUT2D eigenvalue weighted by Crippen LogP contribution is 2.21. The predicted molar refractivity (Wildman–Crippen MR) is 62.6 cm³/mol. The van der Waals surface area contributed by atoms with E-state index >= 15 is 0 Å². The molecular formula is C13H18O3. The van der Waals surface area contributed by atoms with Gasteiger partial charge in [0, 0.05) is 12.0 Å². The third-order valence-electron chi connectivity index (χ3n) is 2.83. The Hall–Kier alpha value is -1.35. The lowest BCUT2D eigenvalue weighted by Gasteiger charge is -2.20. The van der Waals surface area contributed by atoms with E-state index < -0.39 is 5.60 Å². The largest absolute Gasteiger partial charge is 0.496 e. The molecule has 16 heavy (non-hydrogen) atoms. The Kier molecular flexibility index (Phi) is 4.07. The van der Waals surface area contributed by atoms with Crippen LogP contribution in [0.3, 0.4) is 0 Å². The number of aliphatic hydroxyl groups is 1. The summed E-state index contributed by atoms with van der Waals surface area (Å²) in [5, 5.41) is 9.83. The molecule has 1 N–H and O–H groups in total. The SMILES string of the molecule is CCC(C)(O)C(=O)Cc1ccccc1OC. The van der Waals surface area contributed by atoms with Crippen LogP contribution >= 0.6 is 0 Å². The molecule has 1 unspecified atom stereocenters. The second kappa shape index (κ2) is 5.12. The molecule has 1 aromatic carbocycles. The van der Waals surface area contributed by atoms with Crippen molar-refractivity contribution in [2.45, 2.75) is 32.3 Å². The van der Waals surface area contributed by atoms with Gasteiger partial charge >= 0.3 is 0 Å². The fourth-order valence-electron chi connectivity index (χ4n) is 1.41. The molecule has 0 spiro atoms. The van der Waals surface area contributed by atoms with Crippen LogP contribution in [-0.2, 0) is 11.2 Å². The summed E-state index contributed by atoms with van der Waals surface area (Å²) in [6.45, 7) is 3.34. The van der Waals surface area contributed by atoms with Crippen molar-refractivity contribution in [3.63, 3.8) is 0 Å². The molecule has 0 amide bonds. The summed E-state index contributed by atoms with van der Waals surface area (Å²) in [5.41, 5.74) is -0.440. The highest BCUT2D eigenvalue weighted by Gasteiger charge is 2.28. The van der Waals surface area contributed by atoms with Crippen molar-refractivity contribution in [3.8, 4) is 5.75 Å². The smallest absolute Gasteiger partial charge is 0.168 e. The van der Waals surface area contributed by atoms with E-state index in [0.717, 1.165) is 5.56 Å². The summed E-state index contributed by atoms with van der Waals surface area (Å²) in [5.74, 6) is 0.502. The number of benzene rings is 1. The molecule has 1 rings (SSSR count). The zero-order valence-electron chi connectivity index (χ0n) is 9.99. The van der Waals surface area contributed by atoms with E-state index in [2.05, 4.69) is 0 Å². The average Bonchev–Trinajstić information content (AvgIpc) is 2.29. The van der Waals surface area contributed by atoms with Crippen molar-refractivity contribution in [3.05, 3.63) is 29.8 Å². The third-order valence-corrected chi connectivity index (χ3v) is 2.83. The molecule has 0 saturated carbocycles. The van der Waals surface area contributed by atoms with Crippen molar-refractivity contribution in [2.75, 3.05) is 7.11 Å². The fraction of sp³-hybridized carbons (Fsp3) is 0.462. The first-order chi connectivity index (χ1) is 7.51. The lowest BCUT2D eigenvalue weighted by Crippen LogP contribution is -2.35. The summed E-state index contributed by atoms with van der Waals surface area (Å²) in [4.78, 5) is 11.8. The maximum atomic E-state index is 11.8. The van der Waals surface area contributed by atoms with Crippen LogP contribution in [0.25, 0.3) is 0 Å². The monoisotopic (exact) mass is 222 g/mol. The molecule has 0 fully saturated rings. The van der Waals surface area contributed by atoms with Crippen LogP contribution in [-0.4, -0.2) is 23.6 Å². The Morgan fingerprint density at radius 3 is 2.62 bits per heavy atom. The molecule has 0 saturated heterocycles. The van der Waals surface area contributed by atoms with Crippen LogP contribution in [0.5, 0.6) is 5.75 Å². The van der Waals surface area contributed by atoms with E-state index in [1.807, 2.05) is 24.3 Å². The summed E-state index contributed by atoms with van der Waals surface area (Å²) < 4.78 is 5.16. The molecule has 1 atom stereocenters. The fourth-order valence-corrected chi connectivity index (χ4v) is 1.41. The summed E-state index contributed by atoms with van der Waals surface area (Å²) in [6.07, 6.45) is 0.617. The van der Waals surface area contributed by atoms with E-state index in [4.69, 9.17) is 4.74 Å². The maximum absolute atomic E-state index is 11.8. The molecule has 0 aliphatic rings. The molecule has 0 aliphatic heterocycles. The quantitative estimate of drug-likeness (QED) is 0.828. The highest BCUT2D eigenvalue weighted by atomic mass is 16.5. The number of rotatable bonds is 5. The van der Waals surface area contributed by atoms with E-state index in [1.165, 1.54) is 0 Å². The maximum Gasteiger partial charge on any atom is 0.168 e. The summed E-state index contributed by atoms with van der Waals surface area (Å²) in [6, 6.07) is 7.35. The van der Waals surface area contributed by atoms with Gasteiger partial charge in [0.25, 0.3) is 0 Å². The van der Waals surface area contributed by atoms with Crippen LogP contribution in [0.15, 0.2) is 24.3 Å². The normalized spacial score (nSPS) is 14.2.